The summed E-state index contributed by atoms with van der Waals surface area (Å²) in [4.78, 5) is 10.7. The Bertz CT molecular complexity index is 294. The van der Waals surface area contributed by atoms with Crippen molar-refractivity contribution in [2.45, 2.75) is 34.1 Å². The van der Waals surface area contributed by atoms with Gasteiger partial charge in [-0.05, 0) is 12.3 Å². The lowest BCUT2D eigenvalue weighted by Crippen LogP contribution is -2.12. The molecular weight excluding hydrogens is 284 g/mol. The van der Waals surface area contributed by atoms with Gasteiger partial charge >= 0.3 is 0 Å². The fourth-order valence-corrected chi connectivity index (χ4v) is 1.43. The van der Waals surface area contributed by atoms with Crippen LogP contribution in [0.4, 0.5) is 0 Å². The molecule has 22 heavy (non-hydrogen) atoms. The highest BCUT2D eigenvalue weighted by Crippen LogP contribution is 2.13. The van der Waals surface area contributed by atoms with Gasteiger partial charge in [0.25, 0.3) is 0 Å². The summed E-state index contributed by atoms with van der Waals surface area (Å²) in [6, 6.07) is 0. The molecule has 0 atom stereocenters. The number of rotatable bonds is 14. The third-order valence-electron chi connectivity index (χ3n) is 2.55. The minimum absolute atomic E-state index is 0.144. The van der Waals surface area contributed by atoms with Gasteiger partial charge in [0, 0.05) is 6.42 Å². The first kappa shape index (κ1) is 21.2. The van der Waals surface area contributed by atoms with Crippen molar-refractivity contribution >= 4 is 5.78 Å². The molecule has 0 radical (unpaired) electrons. The van der Waals surface area contributed by atoms with E-state index in [1.165, 1.54) is 0 Å². The molecule has 0 aromatic rings. The van der Waals surface area contributed by atoms with Crippen LogP contribution in [0.15, 0.2) is 12.2 Å². The van der Waals surface area contributed by atoms with E-state index >= 15 is 0 Å². The van der Waals surface area contributed by atoms with Crippen LogP contribution in [-0.4, -0.2) is 58.6 Å². The highest BCUT2D eigenvalue weighted by atomic mass is 16.6. The van der Waals surface area contributed by atoms with Crippen molar-refractivity contribution in [1.82, 2.24) is 0 Å². The number of Topliss-reactive ketones (excluding diaryl/α,β-unsaturated/α-hetero) is 1. The van der Waals surface area contributed by atoms with Crippen molar-refractivity contribution in [3.8, 4) is 0 Å². The minimum atomic E-state index is 0.144. The van der Waals surface area contributed by atoms with Crippen LogP contribution < -0.4 is 0 Å². The van der Waals surface area contributed by atoms with Gasteiger partial charge in [0.05, 0.1) is 52.9 Å². The number of carbonyl (C=O) groups excluding carboxylic acids is 1. The van der Waals surface area contributed by atoms with Crippen molar-refractivity contribution in [2.75, 3.05) is 52.9 Å². The fraction of sp³-hybridized carbons (Fsp3) is 0.824. The largest absolute Gasteiger partial charge is 0.379 e. The molecule has 5 nitrogen and oxygen atoms in total. The number of ether oxygens (including phenoxy) is 4. The molecule has 0 saturated heterocycles. The Hall–Kier alpha value is -0.750. The maximum Gasteiger partial charge on any atom is 0.132 e. The first-order chi connectivity index (χ1) is 10.4. The lowest BCUT2D eigenvalue weighted by atomic mass is 9.96. The molecule has 0 aromatic carbocycles. The molecule has 0 aromatic heterocycles. The summed E-state index contributed by atoms with van der Waals surface area (Å²) in [6.45, 7) is 12.4. The number of carbonyl (C=O) groups is 1. The fourth-order valence-electron chi connectivity index (χ4n) is 1.43. The zero-order valence-corrected chi connectivity index (χ0v) is 14.6. The summed E-state index contributed by atoms with van der Waals surface area (Å²) >= 11 is 0. The molecule has 0 rings (SSSR count). The molecule has 5 heteroatoms. The van der Waals surface area contributed by atoms with E-state index in [-0.39, 0.29) is 11.2 Å². The van der Waals surface area contributed by atoms with Gasteiger partial charge in [-0.3, -0.25) is 4.79 Å². The predicted molar refractivity (Wildman–Crippen MR) is 87.2 cm³/mol. The smallest absolute Gasteiger partial charge is 0.132 e. The van der Waals surface area contributed by atoms with Gasteiger partial charge in [0.1, 0.15) is 5.78 Å². The summed E-state index contributed by atoms with van der Waals surface area (Å²) in [5.41, 5.74) is 0.201. The quantitative estimate of drug-likeness (QED) is 0.364. The molecule has 0 aliphatic carbocycles. The molecule has 0 spiro atoms. The lowest BCUT2D eigenvalue weighted by molar-refractivity contribution is -0.118. The maximum atomic E-state index is 10.7. The van der Waals surface area contributed by atoms with Crippen LogP contribution >= 0.6 is 0 Å². The minimum Gasteiger partial charge on any atom is -0.379 e. The van der Waals surface area contributed by atoms with Gasteiger partial charge in [0.15, 0.2) is 0 Å². The van der Waals surface area contributed by atoms with E-state index in [1.807, 2.05) is 6.08 Å². The summed E-state index contributed by atoms with van der Waals surface area (Å²) in [5.74, 6) is 0.144. The van der Waals surface area contributed by atoms with E-state index in [0.29, 0.717) is 59.3 Å². The highest BCUT2D eigenvalue weighted by Gasteiger charge is 2.02. The van der Waals surface area contributed by atoms with Crippen molar-refractivity contribution in [2.24, 2.45) is 5.41 Å². The van der Waals surface area contributed by atoms with Crippen molar-refractivity contribution < 1.29 is 23.7 Å². The number of hydrogen-bond acceptors (Lipinski definition) is 5. The van der Waals surface area contributed by atoms with Crippen molar-refractivity contribution in [3.63, 3.8) is 0 Å². The second-order valence-electron chi connectivity index (χ2n) is 6.13. The SMILES string of the molecule is CC(=O)CCOCCOCCOCCOC/C=C/C(C)(C)C. The van der Waals surface area contributed by atoms with Crippen LogP contribution in [0, 0.1) is 5.41 Å². The molecule has 0 aliphatic rings. The standard InChI is InChI=1S/C17H32O5/c1-16(18)6-9-20-11-13-22-15-14-21-12-10-19-8-5-7-17(2,3)4/h5,7H,6,8-15H2,1-4H3/b7-5+. The van der Waals surface area contributed by atoms with E-state index in [9.17, 15) is 4.79 Å². The number of ketones is 1. The topological polar surface area (TPSA) is 54.0 Å². The average Bonchev–Trinajstić information content (AvgIpc) is 2.41. The summed E-state index contributed by atoms with van der Waals surface area (Å²) in [6.07, 6.45) is 4.64. The second-order valence-corrected chi connectivity index (χ2v) is 6.13. The molecule has 0 saturated carbocycles. The Morgan fingerprint density at radius 2 is 1.27 bits per heavy atom. The zero-order valence-electron chi connectivity index (χ0n) is 14.6. The van der Waals surface area contributed by atoms with Crippen LogP contribution in [0.3, 0.4) is 0 Å². The molecular formula is C17H32O5. The van der Waals surface area contributed by atoms with Crippen molar-refractivity contribution in [3.05, 3.63) is 12.2 Å². The Morgan fingerprint density at radius 3 is 1.73 bits per heavy atom. The summed E-state index contributed by atoms with van der Waals surface area (Å²) in [5, 5.41) is 0. The van der Waals surface area contributed by atoms with Crippen LogP contribution in [0.5, 0.6) is 0 Å². The van der Waals surface area contributed by atoms with Gasteiger partial charge in [-0.2, -0.15) is 0 Å². The van der Waals surface area contributed by atoms with E-state index in [1.54, 1.807) is 6.92 Å². The highest BCUT2D eigenvalue weighted by molar-refractivity contribution is 5.75. The Morgan fingerprint density at radius 1 is 0.818 bits per heavy atom. The third-order valence-corrected chi connectivity index (χ3v) is 2.55. The maximum absolute atomic E-state index is 10.7. The average molecular weight is 316 g/mol. The van der Waals surface area contributed by atoms with Crippen LogP contribution in [0.1, 0.15) is 34.1 Å². The van der Waals surface area contributed by atoms with Gasteiger partial charge in [0.2, 0.25) is 0 Å². The molecule has 0 unspecified atom stereocenters. The molecule has 0 N–H and O–H groups in total. The number of hydrogen-bond donors (Lipinski definition) is 0. The van der Waals surface area contributed by atoms with Crippen molar-refractivity contribution in [1.29, 1.82) is 0 Å². The lowest BCUT2D eigenvalue weighted by Gasteiger charge is -2.11. The first-order valence-electron chi connectivity index (χ1n) is 7.90. The second kappa shape index (κ2) is 13.9. The van der Waals surface area contributed by atoms with Crippen LogP contribution in [-0.2, 0) is 23.7 Å². The van der Waals surface area contributed by atoms with Gasteiger partial charge < -0.3 is 18.9 Å². The molecule has 0 heterocycles. The Kier molecular flexibility index (Phi) is 13.4. The summed E-state index contributed by atoms with van der Waals surface area (Å²) in [7, 11) is 0. The van der Waals surface area contributed by atoms with Gasteiger partial charge in [-0.25, -0.2) is 0 Å². The van der Waals surface area contributed by atoms with E-state index in [0.717, 1.165) is 0 Å². The predicted octanol–water partition coefficient (Wildman–Crippen LogP) is 2.63. The van der Waals surface area contributed by atoms with Crippen LogP contribution in [0.2, 0.25) is 0 Å². The molecule has 0 bridgehead atoms. The normalized spacial score (nSPS) is 12.2. The monoisotopic (exact) mass is 316 g/mol. The molecule has 0 amide bonds. The number of allylic oxidation sites excluding steroid dienone is 1. The molecule has 130 valence electrons. The first-order valence-corrected chi connectivity index (χ1v) is 7.90. The third kappa shape index (κ3) is 19.2. The Labute approximate surface area is 135 Å². The zero-order chi connectivity index (χ0) is 16.7. The Balaban J connectivity index is 3.12. The van der Waals surface area contributed by atoms with Gasteiger partial charge in [-0.15, -0.1) is 0 Å². The van der Waals surface area contributed by atoms with Gasteiger partial charge in [-0.1, -0.05) is 32.9 Å². The van der Waals surface area contributed by atoms with Crippen LogP contribution in [0.25, 0.3) is 0 Å². The van der Waals surface area contributed by atoms with E-state index < -0.39 is 0 Å². The van der Waals surface area contributed by atoms with E-state index in [4.69, 9.17) is 18.9 Å². The molecule has 0 aliphatic heterocycles. The summed E-state index contributed by atoms with van der Waals surface area (Å²) < 4.78 is 21.4. The molecule has 0 fully saturated rings. The van der Waals surface area contributed by atoms with E-state index in [2.05, 4.69) is 26.8 Å².